The van der Waals surface area contributed by atoms with Crippen molar-refractivity contribution in [3.05, 3.63) is 46.8 Å². The van der Waals surface area contributed by atoms with Crippen LogP contribution in [-0.4, -0.2) is 24.1 Å². The molecule has 0 atom stereocenters. The molecular formula is C20H21ClN2O4. The highest BCUT2D eigenvalue weighted by Gasteiger charge is 2.17. The van der Waals surface area contributed by atoms with Crippen LogP contribution < -0.4 is 14.8 Å². The molecule has 0 saturated carbocycles. The fourth-order valence-electron chi connectivity index (χ4n) is 2.63. The largest absolute Gasteiger partial charge is 0.490 e. The van der Waals surface area contributed by atoms with Gasteiger partial charge >= 0.3 is 0 Å². The molecular weight excluding hydrogens is 368 g/mol. The van der Waals surface area contributed by atoms with E-state index in [2.05, 4.69) is 10.3 Å². The maximum absolute atomic E-state index is 12.7. The number of aromatic nitrogens is 1. The minimum absolute atomic E-state index is 0.306. The number of hydrogen-bond acceptors (Lipinski definition) is 5. The number of rotatable bonds is 7. The van der Waals surface area contributed by atoms with Gasteiger partial charge in [-0.05, 0) is 43.7 Å². The number of nitrogens with one attached hydrogen (secondary N) is 1. The number of oxazole rings is 1. The molecule has 1 amide bonds. The van der Waals surface area contributed by atoms with Crippen molar-refractivity contribution in [1.29, 1.82) is 0 Å². The number of halogens is 1. The molecule has 0 unspecified atom stereocenters. The fraction of sp³-hybridized carbons (Fsp3) is 0.300. The Balaban J connectivity index is 1.86. The summed E-state index contributed by atoms with van der Waals surface area (Å²) in [5, 5.41) is 3.18. The number of benzene rings is 2. The van der Waals surface area contributed by atoms with E-state index in [1.807, 2.05) is 13.8 Å². The summed E-state index contributed by atoms with van der Waals surface area (Å²) in [5.41, 5.74) is 2.34. The monoisotopic (exact) mass is 388 g/mol. The molecule has 0 spiro atoms. The van der Waals surface area contributed by atoms with Gasteiger partial charge in [0.1, 0.15) is 5.52 Å². The van der Waals surface area contributed by atoms with Crippen LogP contribution in [0.2, 0.25) is 5.02 Å². The van der Waals surface area contributed by atoms with Crippen LogP contribution in [0.3, 0.4) is 0 Å². The normalized spacial score (nSPS) is 10.8. The minimum atomic E-state index is -0.306. The summed E-state index contributed by atoms with van der Waals surface area (Å²) in [5.74, 6) is 1.17. The zero-order valence-electron chi connectivity index (χ0n) is 15.5. The van der Waals surface area contributed by atoms with Gasteiger partial charge in [-0.3, -0.25) is 4.79 Å². The summed E-state index contributed by atoms with van der Waals surface area (Å²) >= 11 is 6.33. The van der Waals surface area contributed by atoms with Gasteiger partial charge in [0.2, 0.25) is 0 Å². The molecule has 1 aromatic heterocycles. The molecule has 1 heterocycles. The molecule has 0 bridgehead atoms. The van der Waals surface area contributed by atoms with Gasteiger partial charge in [-0.15, -0.1) is 0 Å². The van der Waals surface area contributed by atoms with E-state index >= 15 is 0 Å². The SMILES string of the molecule is CCCOc1c(Cl)cc(C(=O)Nc2ccc3oc(C)nc3c2)cc1OCC. The number of carbonyl (C=O) groups is 1. The number of anilines is 1. The van der Waals surface area contributed by atoms with Gasteiger partial charge < -0.3 is 19.2 Å². The topological polar surface area (TPSA) is 73.6 Å². The van der Waals surface area contributed by atoms with Crippen LogP contribution in [0.1, 0.15) is 36.5 Å². The van der Waals surface area contributed by atoms with E-state index in [-0.39, 0.29) is 5.91 Å². The van der Waals surface area contributed by atoms with Crippen molar-refractivity contribution < 1.29 is 18.7 Å². The second-order valence-electron chi connectivity index (χ2n) is 5.94. The third kappa shape index (κ3) is 4.34. The van der Waals surface area contributed by atoms with E-state index in [0.717, 1.165) is 6.42 Å². The first kappa shape index (κ1) is 19.0. The highest BCUT2D eigenvalue weighted by atomic mass is 35.5. The molecule has 2 aromatic carbocycles. The van der Waals surface area contributed by atoms with E-state index in [0.29, 0.717) is 58.0 Å². The Morgan fingerprint density at radius 3 is 2.78 bits per heavy atom. The van der Waals surface area contributed by atoms with Crippen LogP contribution in [0, 0.1) is 6.92 Å². The average Bonchev–Trinajstić information content (AvgIpc) is 3.00. The van der Waals surface area contributed by atoms with Crippen LogP contribution in [0.5, 0.6) is 11.5 Å². The Bertz CT molecular complexity index is 968. The maximum Gasteiger partial charge on any atom is 0.255 e. The van der Waals surface area contributed by atoms with E-state index in [1.54, 1.807) is 37.3 Å². The highest BCUT2D eigenvalue weighted by molar-refractivity contribution is 6.32. The van der Waals surface area contributed by atoms with Gasteiger partial charge in [-0.2, -0.15) is 0 Å². The van der Waals surface area contributed by atoms with Crippen LogP contribution >= 0.6 is 11.6 Å². The van der Waals surface area contributed by atoms with Crippen molar-refractivity contribution in [2.45, 2.75) is 27.2 Å². The second kappa shape index (κ2) is 8.31. The smallest absolute Gasteiger partial charge is 0.255 e. The summed E-state index contributed by atoms with van der Waals surface area (Å²) < 4.78 is 16.7. The lowest BCUT2D eigenvalue weighted by atomic mass is 10.1. The van der Waals surface area contributed by atoms with Crippen LogP contribution in [0.15, 0.2) is 34.7 Å². The number of fused-ring (bicyclic) bond motifs is 1. The first-order valence-corrected chi connectivity index (χ1v) is 9.17. The Hall–Kier alpha value is -2.73. The Morgan fingerprint density at radius 2 is 2.04 bits per heavy atom. The standard InChI is InChI=1S/C20H21ClN2O4/c1-4-8-26-19-15(21)9-13(10-18(19)25-5-2)20(24)23-14-6-7-17-16(11-14)22-12(3)27-17/h6-7,9-11H,4-5,8H2,1-3H3,(H,23,24). The van der Waals surface area contributed by atoms with Crippen molar-refractivity contribution in [1.82, 2.24) is 4.98 Å². The molecule has 0 aliphatic rings. The zero-order valence-corrected chi connectivity index (χ0v) is 16.2. The Morgan fingerprint density at radius 1 is 1.22 bits per heavy atom. The van der Waals surface area contributed by atoms with Gasteiger partial charge in [0.15, 0.2) is 23.0 Å². The summed E-state index contributed by atoms with van der Waals surface area (Å²) in [7, 11) is 0. The molecule has 27 heavy (non-hydrogen) atoms. The third-order valence-electron chi connectivity index (χ3n) is 3.77. The quantitative estimate of drug-likeness (QED) is 0.599. The van der Waals surface area contributed by atoms with E-state index in [4.69, 9.17) is 25.5 Å². The van der Waals surface area contributed by atoms with Gasteiger partial charge in [0.05, 0.1) is 18.2 Å². The lowest BCUT2D eigenvalue weighted by Gasteiger charge is -2.15. The molecule has 0 aliphatic heterocycles. The lowest BCUT2D eigenvalue weighted by Crippen LogP contribution is -2.12. The van der Waals surface area contributed by atoms with Crippen molar-refractivity contribution >= 4 is 34.3 Å². The first-order valence-electron chi connectivity index (χ1n) is 8.79. The Kier molecular flexibility index (Phi) is 5.86. The molecule has 0 radical (unpaired) electrons. The first-order chi connectivity index (χ1) is 13.0. The van der Waals surface area contributed by atoms with Crippen molar-refractivity contribution in [2.75, 3.05) is 18.5 Å². The summed E-state index contributed by atoms with van der Waals surface area (Å²) in [6.07, 6.45) is 0.841. The van der Waals surface area contributed by atoms with Gasteiger partial charge in [0.25, 0.3) is 5.91 Å². The number of amides is 1. The summed E-state index contributed by atoms with van der Waals surface area (Å²) in [6, 6.07) is 8.49. The average molecular weight is 389 g/mol. The molecule has 7 heteroatoms. The molecule has 6 nitrogen and oxygen atoms in total. The number of carbonyl (C=O) groups excluding carboxylic acids is 1. The van der Waals surface area contributed by atoms with Crippen LogP contribution in [0.4, 0.5) is 5.69 Å². The van der Waals surface area contributed by atoms with Crippen molar-refractivity contribution in [2.24, 2.45) is 0 Å². The van der Waals surface area contributed by atoms with E-state index in [1.165, 1.54) is 0 Å². The molecule has 3 rings (SSSR count). The second-order valence-corrected chi connectivity index (χ2v) is 6.34. The van der Waals surface area contributed by atoms with Gasteiger partial charge in [-0.1, -0.05) is 18.5 Å². The molecule has 0 fully saturated rings. The number of ether oxygens (including phenoxy) is 2. The van der Waals surface area contributed by atoms with E-state index < -0.39 is 0 Å². The zero-order chi connectivity index (χ0) is 19.4. The Labute approximate surface area is 162 Å². The minimum Gasteiger partial charge on any atom is -0.490 e. The van der Waals surface area contributed by atoms with Crippen LogP contribution in [-0.2, 0) is 0 Å². The molecule has 1 N–H and O–H groups in total. The number of aryl methyl sites for hydroxylation is 1. The highest BCUT2D eigenvalue weighted by Crippen LogP contribution is 2.37. The third-order valence-corrected chi connectivity index (χ3v) is 4.06. The molecule has 3 aromatic rings. The lowest BCUT2D eigenvalue weighted by molar-refractivity contribution is 0.102. The molecule has 142 valence electrons. The van der Waals surface area contributed by atoms with Crippen LogP contribution in [0.25, 0.3) is 11.1 Å². The predicted molar refractivity (Wildman–Crippen MR) is 105 cm³/mol. The van der Waals surface area contributed by atoms with Crippen molar-refractivity contribution in [3.63, 3.8) is 0 Å². The number of hydrogen-bond donors (Lipinski definition) is 1. The molecule has 0 saturated heterocycles. The van der Waals surface area contributed by atoms with Crippen molar-refractivity contribution in [3.8, 4) is 11.5 Å². The number of nitrogens with zero attached hydrogens (tertiary/aromatic N) is 1. The summed E-state index contributed by atoms with van der Waals surface area (Å²) in [4.78, 5) is 17.0. The fourth-order valence-corrected chi connectivity index (χ4v) is 2.90. The molecule has 0 aliphatic carbocycles. The maximum atomic E-state index is 12.7. The van der Waals surface area contributed by atoms with E-state index in [9.17, 15) is 4.79 Å². The predicted octanol–water partition coefficient (Wildman–Crippen LogP) is 5.23. The van der Waals surface area contributed by atoms with Gasteiger partial charge in [-0.25, -0.2) is 4.98 Å². The summed E-state index contributed by atoms with van der Waals surface area (Å²) in [6.45, 7) is 6.59. The van der Waals surface area contributed by atoms with Gasteiger partial charge in [0, 0.05) is 18.2 Å².